The topological polar surface area (TPSA) is 136 Å². The Bertz CT molecular complexity index is 2900. The molecule has 3 spiro atoms. The minimum Gasteiger partial charge on any atom is -0.450 e. The van der Waals surface area contributed by atoms with Crippen LogP contribution in [0.4, 0.5) is 9.59 Å². The van der Waals surface area contributed by atoms with Crippen LogP contribution in [-0.4, -0.2) is 157 Å². The van der Waals surface area contributed by atoms with Crippen molar-refractivity contribution in [3.05, 3.63) is 106 Å². The fourth-order valence-electron chi connectivity index (χ4n) is 19.8. The SMILES string of the molecule is CC(C)C(=O)N[C@H]1CC2(CCN(C[C@H]3C[C@H]4CCC3C4)CC2)c2ccccc21.CCOC(=O)N1CCC(N2CCC3(CC2)C[C@H](NC(C)=O)c2ccccc23)CC1.O=C(O[C@@H]1CCOC1)N1C2CCC1CC(N1CCC3(CCc4ccccc43)CC1)C2.[HH].[HH].[HH].[HH]. The summed E-state index contributed by atoms with van der Waals surface area (Å²) < 4.78 is 16.3. The number of nitrogens with zero attached hydrogens (tertiary/aromatic N) is 5. The summed E-state index contributed by atoms with van der Waals surface area (Å²) in [4.78, 5) is 60.9. The Morgan fingerprint density at radius 2 is 1.20 bits per heavy atom. The van der Waals surface area contributed by atoms with Crippen LogP contribution in [0.1, 0.15) is 207 Å². The minimum absolute atomic E-state index is 0. The average Bonchev–Trinajstić information content (AvgIpc) is 1.70. The molecule has 87 heavy (non-hydrogen) atoms. The van der Waals surface area contributed by atoms with Crippen molar-refractivity contribution in [1.29, 1.82) is 0 Å². The zero-order valence-corrected chi connectivity index (χ0v) is 53.2. The van der Waals surface area contributed by atoms with Gasteiger partial charge >= 0.3 is 12.2 Å². The maximum atomic E-state index is 12.8. The standard InChI is InChI=1S/C25H34N2O3.C25H36N2O.C23H33N3O3.4H2/c28-24(30-22-8-14-29-17-22)27-19-5-6-20(27)16-21(15-19)26-12-10-25(11-13-26)9-7-18-3-1-2-4-23(18)25;1-17(2)24(28)26-23-15-25(22-6-4-3-5-21(22)23)9-11-27(12-10-25)16-20-14-18-7-8-19(20)13-18;1-3-29-22(28)26-12-8-18(9-13-26)25-14-10-23(11-15-25)16-21(24-17(2)27)19-6-4-5-7-20(19)23;;;;/h1-4,19-22H,5-17H2;3-6,17-20,23H,7-16H2,1-2H3,(H,26,28);4-7,18,21H,3,8-16H2,1-2H3,(H,24,27);4*1H/t19?,20?,21?,22-;18-,19?,20+,23-;21-;;;;/m100..../s1. The number of nitrogens with one attached hydrogen (secondary N) is 2. The molecule has 2 saturated carbocycles. The summed E-state index contributed by atoms with van der Waals surface area (Å²) in [6.07, 6.45) is 25.2. The molecule has 8 atom stereocenters. The number of amides is 4. The number of carbonyl (C=O) groups excluding carboxylic acids is 4. The van der Waals surface area contributed by atoms with E-state index in [2.05, 4.69) is 103 Å². The van der Waals surface area contributed by atoms with Gasteiger partial charge in [-0.3, -0.25) is 9.59 Å². The van der Waals surface area contributed by atoms with Crippen LogP contribution in [-0.2, 0) is 46.5 Å². The highest BCUT2D eigenvalue weighted by molar-refractivity contribution is 5.78. The van der Waals surface area contributed by atoms with Crippen LogP contribution < -0.4 is 10.6 Å². The Morgan fingerprint density at radius 3 is 1.77 bits per heavy atom. The van der Waals surface area contributed by atoms with Crippen molar-refractivity contribution in [3.8, 4) is 0 Å². The summed E-state index contributed by atoms with van der Waals surface area (Å²) in [6, 6.07) is 29.0. The first-order valence-electron chi connectivity index (χ1n) is 34.8. The zero-order chi connectivity index (χ0) is 59.9. The number of carbonyl (C=O) groups is 4. The quantitative estimate of drug-likeness (QED) is 0.213. The molecule has 7 aliphatic heterocycles. The van der Waals surface area contributed by atoms with Crippen molar-refractivity contribution in [3.63, 3.8) is 0 Å². The third-order valence-corrected chi connectivity index (χ3v) is 24.5. The van der Waals surface area contributed by atoms with Crippen LogP contribution in [0.2, 0.25) is 0 Å². The Morgan fingerprint density at radius 1 is 0.609 bits per heavy atom. The van der Waals surface area contributed by atoms with Gasteiger partial charge in [0.2, 0.25) is 11.8 Å². The highest BCUT2D eigenvalue weighted by Gasteiger charge is 2.51. The number of ether oxygens (including phenoxy) is 3. The van der Waals surface area contributed by atoms with Crippen LogP contribution in [0.25, 0.3) is 0 Å². The molecule has 7 saturated heterocycles. The number of fused-ring (bicyclic) bond motifs is 10. The van der Waals surface area contributed by atoms with Gasteiger partial charge in [-0.05, 0) is 225 Å². The van der Waals surface area contributed by atoms with Crippen LogP contribution >= 0.6 is 0 Å². The van der Waals surface area contributed by atoms with Crippen molar-refractivity contribution in [2.75, 3.05) is 78.7 Å². The van der Waals surface area contributed by atoms with E-state index in [1.54, 1.807) is 18.1 Å². The summed E-state index contributed by atoms with van der Waals surface area (Å²) in [5.74, 6) is 3.34. The highest BCUT2D eigenvalue weighted by Crippen LogP contribution is 2.54. The van der Waals surface area contributed by atoms with Crippen molar-refractivity contribution in [2.24, 2.45) is 23.7 Å². The smallest absolute Gasteiger partial charge is 0.410 e. The molecule has 9 fully saturated rings. The first-order valence-corrected chi connectivity index (χ1v) is 34.8. The molecule has 4 amide bonds. The largest absolute Gasteiger partial charge is 0.450 e. The maximum absolute atomic E-state index is 12.8. The van der Waals surface area contributed by atoms with Crippen molar-refractivity contribution in [2.45, 2.75) is 221 Å². The average molecular weight is 1200 g/mol. The van der Waals surface area contributed by atoms with Gasteiger partial charge in [0.1, 0.15) is 6.10 Å². The Kier molecular flexibility index (Phi) is 18.2. The predicted molar refractivity (Wildman–Crippen MR) is 348 cm³/mol. The summed E-state index contributed by atoms with van der Waals surface area (Å²) in [6.45, 7) is 19.1. The van der Waals surface area contributed by atoms with Crippen LogP contribution in [0.15, 0.2) is 72.8 Å². The molecule has 3 aromatic carbocycles. The molecule has 2 N–H and O–H groups in total. The molecular formula is C73H111N7O7. The Labute approximate surface area is 525 Å². The van der Waals surface area contributed by atoms with E-state index in [1.165, 1.54) is 119 Å². The number of likely N-dealkylation sites (tertiary alicyclic amines) is 4. The summed E-state index contributed by atoms with van der Waals surface area (Å²) >= 11 is 0. The zero-order valence-electron chi connectivity index (χ0n) is 53.2. The van der Waals surface area contributed by atoms with Gasteiger partial charge in [0, 0.05) is 79.6 Å². The van der Waals surface area contributed by atoms with Gasteiger partial charge in [0.05, 0.1) is 31.9 Å². The Balaban J connectivity index is 0.000000158. The van der Waals surface area contributed by atoms with E-state index in [0.717, 1.165) is 115 Å². The number of piperidine rings is 5. The lowest BCUT2D eigenvalue weighted by Gasteiger charge is -2.47. The van der Waals surface area contributed by atoms with Gasteiger partial charge in [-0.2, -0.15) is 0 Å². The molecule has 0 radical (unpaired) electrons. The first kappa shape index (κ1) is 60.9. The van der Waals surface area contributed by atoms with E-state index < -0.39 is 0 Å². The van der Waals surface area contributed by atoms with Gasteiger partial charge in [-0.25, -0.2) is 9.59 Å². The molecule has 0 aromatic heterocycles. The van der Waals surface area contributed by atoms with Crippen molar-refractivity contribution in [1.82, 2.24) is 35.1 Å². The molecule has 3 unspecified atom stereocenters. The number of benzene rings is 3. The molecule has 14 heteroatoms. The second kappa shape index (κ2) is 26.1. The Hall–Kier alpha value is -5.02. The van der Waals surface area contributed by atoms with Crippen molar-refractivity contribution >= 4 is 24.0 Å². The molecule has 480 valence electrons. The van der Waals surface area contributed by atoms with Crippen LogP contribution in [0.3, 0.4) is 0 Å². The molecule has 4 bridgehead atoms. The summed E-state index contributed by atoms with van der Waals surface area (Å²) in [7, 11) is 0. The molecular weight excluding hydrogens is 1090 g/mol. The maximum Gasteiger partial charge on any atom is 0.410 e. The number of hydrogen-bond acceptors (Lipinski definition) is 10. The molecule has 7 heterocycles. The lowest BCUT2D eigenvalue weighted by atomic mass is 9.73. The fourth-order valence-corrected chi connectivity index (χ4v) is 19.8. The van der Waals surface area contributed by atoms with E-state index in [1.807, 2.05) is 25.7 Å². The van der Waals surface area contributed by atoms with Crippen LogP contribution in [0, 0.1) is 23.7 Å². The van der Waals surface area contributed by atoms with Gasteiger partial charge < -0.3 is 49.3 Å². The van der Waals surface area contributed by atoms with Gasteiger partial charge in [0.25, 0.3) is 0 Å². The van der Waals surface area contributed by atoms with Gasteiger partial charge in [-0.15, -0.1) is 0 Å². The summed E-state index contributed by atoms with van der Waals surface area (Å²) in [5.41, 5.74) is 9.75. The van der Waals surface area contributed by atoms with E-state index >= 15 is 0 Å². The molecule has 15 rings (SSSR count). The van der Waals surface area contributed by atoms with Crippen LogP contribution in [0.5, 0.6) is 0 Å². The predicted octanol–water partition coefficient (Wildman–Crippen LogP) is 12.8. The van der Waals surface area contributed by atoms with E-state index in [4.69, 9.17) is 14.2 Å². The number of hydrogen-bond donors (Lipinski definition) is 2. The fraction of sp³-hybridized carbons (Fsp3) is 0.699. The lowest BCUT2D eigenvalue weighted by Crippen LogP contribution is -2.55. The monoisotopic (exact) mass is 1200 g/mol. The third-order valence-electron chi connectivity index (χ3n) is 24.5. The second-order valence-corrected chi connectivity index (χ2v) is 29.6. The second-order valence-electron chi connectivity index (χ2n) is 29.6. The van der Waals surface area contributed by atoms with E-state index in [-0.39, 0.29) is 64.6 Å². The van der Waals surface area contributed by atoms with Gasteiger partial charge in [-0.1, -0.05) is 93.1 Å². The molecule has 5 aliphatic carbocycles. The van der Waals surface area contributed by atoms with E-state index in [9.17, 15) is 19.2 Å². The van der Waals surface area contributed by atoms with Crippen molar-refractivity contribution < 1.29 is 39.1 Å². The molecule has 3 aromatic rings. The number of aryl methyl sites for hydroxylation is 1. The highest BCUT2D eigenvalue weighted by atomic mass is 16.6. The van der Waals surface area contributed by atoms with Gasteiger partial charge in [0.15, 0.2) is 0 Å². The molecule has 12 aliphatic rings. The number of rotatable bonds is 9. The lowest BCUT2D eigenvalue weighted by molar-refractivity contribution is -0.125. The minimum atomic E-state index is -0.171. The normalized spacial score (nSPS) is 31.0. The van der Waals surface area contributed by atoms with E-state index in [0.29, 0.717) is 49.4 Å². The first-order chi connectivity index (χ1) is 42.3. The summed E-state index contributed by atoms with van der Waals surface area (Å²) in [5, 5.41) is 6.51. The molecule has 14 nitrogen and oxygen atoms in total. The third kappa shape index (κ3) is 12.6.